The highest BCUT2D eigenvalue weighted by atomic mass is 35.5. The molecular formula is C22H22ClF3N4O2. The first kappa shape index (κ1) is 23.6. The van der Waals surface area contributed by atoms with Crippen molar-refractivity contribution in [3.8, 4) is 0 Å². The maximum absolute atomic E-state index is 13.7. The van der Waals surface area contributed by atoms with Gasteiger partial charge in [-0.3, -0.25) is 14.9 Å². The smallest absolute Gasteiger partial charge is 0.258 e. The van der Waals surface area contributed by atoms with Gasteiger partial charge in [0.1, 0.15) is 5.82 Å². The van der Waals surface area contributed by atoms with Crippen LogP contribution in [-0.2, 0) is 4.79 Å². The minimum atomic E-state index is -1.16. The zero-order valence-electron chi connectivity index (χ0n) is 17.2. The summed E-state index contributed by atoms with van der Waals surface area (Å²) in [6.45, 7) is 1.46. The van der Waals surface area contributed by atoms with Gasteiger partial charge in [0.25, 0.3) is 5.91 Å². The van der Waals surface area contributed by atoms with E-state index < -0.39 is 23.4 Å². The number of hydrogen-bond acceptors (Lipinski definition) is 3. The van der Waals surface area contributed by atoms with E-state index in [0.29, 0.717) is 25.7 Å². The summed E-state index contributed by atoms with van der Waals surface area (Å²) in [5, 5.41) is 8.39. The van der Waals surface area contributed by atoms with Crippen LogP contribution in [0.25, 0.3) is 0 Å². The molecule has 0 aromatic heterocycles. The lowest BCUT2D eigenvalue weighted by atomic mass is 9.91. The first-order valence-electron chi connectivity index (χ1n) is 10.0. The molecule has 170 valence electrons. The minimum Gasteiger partial charge on any atom is -0.354 e. The lowest BCUT2D eigenvalue weighted by Gasteiger charge is -2.27. The van der Waals surface area contributed by atoms with Crippen LogP contribution in [0.4, 0.5) is 18.9 Å². The molecule has 1 aliphatic rings. The Balaban J connectivity index is 1.79. The van der Waals surface area contributed by atoms with E-state index in [1.165, 1.54) is 19.1 Å². The van der Waals surface area contributed by atoms with Crippen molar-refractivity contribution >= 4 is 35.1 Å². The second kappa shape index (κ2) is 10.5. The van der Waals surface area contributed by atoms with Crippen molar-refractivity contribution in [3.63, 3.8) is 0 Å². The molecule has 0 atom stereocenters. The van der Waals surface area contributed by atoms with Crippen molar-refractivity contribution in [1.29, 1.82) is 0 Å². The Morgan fingerprint density at radius 1 is 1.00 bits per heavy atom. The van der Waals surface area contributed by atoms with E-state index in [4.69, 9.17) is 11.6 Å². The van der Waals surface area contributed by atoms with Crippen LogP contribution >= 0.6 is 11.6 Å². The van der Waals surface area contributed by atoms with Crippen LogP contribution < -0.4 is 16.0 Å². The quantitative estimate of drug-likeness (QED) is 0.461. The number of guanidine groups is 1. The van der Waals surface area contributed by atoms with Crippen molar-refractivity contribution in [3.05, 3.63) is 64.4 Å². The predicted molar refractivity (Wildman–Crippen MR) is 116 cm³/mol. The summed E-state index contributed by atoms with van der Waals surface area (Å²) in [7, 11) is 0. The highest BCUT2D eigenvalue weighted by molar-refractivity contribution is 6.31. The largest absolute Gasteiger partial charge is 0.354 e. The summed E-state index contributed by atoms with van der Waals surface area (Å²) in [6, 6.07) is 6.43. The van der Waals surface area contributed by atoms with Crippen molar-refractivity contribution in [1.82, 2.24) is 10.6 Å². The normalized spacial score (nSPS) is 18.7. The van der Waals surface area contributed by atoms with Gasteiger partial charge in [0.2, 0.25) is 11.9 Å². The zero-order chi connectivity index (χ0) is 23.3. The van der Waals surface area contributed by atoms with Crippen molar-refractivity contribution in [2.24, 2.45) is 4.99 Å². The molecular weight excluding hydrogens is 445 g/mol. The number of rotatable bonds is 4. The van der Waals surface area contributed by atoms with Crippen LogP contribution in [0.1, 0.15) is 43.0 Å². The number of nitrogens with one attached hydrogen (secondary N) is 3. The molecule has 0 bridgehead atoms. The number of carbonyl (C=O) groups is 2. The van der Waals surface area contributed by atoms with E-state index in [0.717, 1.165) is 24.3 Å². The first-order chi connectivity index (χ1) is 15.2. The number of halogens is 4. The van der Waals surface area contributed by atoms with E-state index in [1.807, 2.05) is 0 Å². The van der Waals surface area contributed by atoms with Gasteiger partial charge < -0.3 is 10.6 Å². The fourth-order valence-electron chi connectivity index (χ4n) is 3.49. The van der Waals surface area contributed by atoms with Gasteiger partial charge in [-0.05, 0) is 62.1 Å². The van der Waals surface area contributed by atoms with E-state index >= 15 is 0 Å². The van der Waals surface area contributed by atoms with Crippen LogP contribution in [0.2, 0.25) is 5.02 Å². The van der Waals surface area contributed by atoms with Crippen LogP contribution in [0.5, 0.6) is 0 Å². The minimum absolute atomic E-state index is 0.0179. The summed E-state index contributed by atoms with van der Waals surface area (Å²) >= 11 is 5.90. The van der Waals surface area contributed by atoms with Crippen LogP contribution in [0.3, 0.4) is 0 Å². The van der Waals surface area contributed by atoms with E-state index in [1.54, 1.807) is 0 Å². The SMILES string of the molecule is CC(=O)NC1CCC(N=C(NC(=O)c2ccc(F)c(F)c2)Nc2cc(F)cc(Cl)c2)CC1. The Morgan fingerprint density at radius 2 is 1.72 bits per heavy atom. The molecule has 6 nitrogen and oxygen atoms in total. The number of amides is 2. The number of anilines is 1. The van der Waals surface area contributed by atoms with Gasteiger partial charge in [-0.15, -0.1) is 0 Å². The van der Waals surface area contributed by atoms with Crippen molar-refractivity contribution in [2.45, 2.75) is 44.7 Å². The first-order valence-corrected chi connectivity index (χ1v) is 10.4. The molecule has 1 fully saturated rings. The fourth-order valence-corrected chi connectivity index (χ4v) is 3.72. The predicted octanol–water partition coefficient (Wildman–Crippen LogP) is 4.40. The molecule has 1 saturated carbocycles. The number of nitrogens with zero attached hydrogens (tertiary/aromatic N) is 1. The van der Waals surface area contributed by atoms with Gasteiger partial charge in [0, 0.05) is 29.2 Å². The Kier molecular flexibility index (Phi) is 7.74. The highest BCUT2D eigenvalue weighted by Gasteiger charge is 2.22. The molecule has 3 rings (SSSR count). The molecule has 2 amide bonds. The fraction of sp³-hybridized carbons (Fsp3) is 0.318. The monoisotopic (exact) mass is 466 g/mol. The molecule has 2 aromatic rings. The van der Waals surface area contributed by atoms with Crippen molar-refractivity contribution in [2.75, 3.05) is 5.32 Å². The molecule has 0 spiro atoms. The van der Waals surface area contributed by atoms with E-state index in [2.05, 4.69) is 20.9 Å². The molecule has 2 aromatic carbocycles. The van der Waals surface area contributed by atoms with Gasteiger partial charge in [-0.2, -0.15) is 0 Å². The Hall–Kier alpha value is -3.07. The summed E-state index contributed by atoms with van der Waals surface area (Å²) in [6.07, 6.45) is 2.73. The van der Waals surface area contributed by atoms with Gasteiger partial charge >= 0.3 is 0 Å². The van der Waals surface area contributed by atoms with Crippen LogP contribution in [0.15, 0.2) is 41.4 Å². The summed E-state index contributed by atoms with van der Waals surface area (Å²) in [4.78, 5) is 28.4. The zero-order valence-corrected chi connectivity index (χ0v) is 18.0. The molecule has 10 heteroatoms. The van der Waals surface area contributed by atoms with E-state index in [-0.39, 0.29) is 40.2 Å². The third kappa shape index (κ3) is 6.71. The van der Waals surface area contributed by atoms with E-state index in [9.17, 15) is 22.8 Å². The summed E-state index contributed by atoms with van der Waals surface area (Å²) in [5.74, 6) is -3.60. The van der Waals surface area contributed by atoms with Gasteiger partial charge in [-0.1, -0.05) is 11.6 Å². The Morgan fingerprint density at radius 3 is 2.34 bits per heavy atom. The Labute approximate surface area is 188 Å². The van der Waals surface area contributed by atoms with Crippen LogP contribution in [-0.4, -0.2) is 29.9 Å². The number of hydrogen-bond donors (Lipinski definition) is 3. The molecule has 0 aliphatic heterocycles. The maximum atomic E-state index is 13.7. The van der Waals surface area contributed by atoms with Crippen LogP contribution in [0, 0.1) is 17.5 Å². The lowest BCUT2D eigenvalue weighted by Crippen LogP contribution is -2.39. The number of carbonyl (C=O) groups excluding carboxylic acids is 2. The number of benzene rings is 2. The van der Waals surface area contributed by atoms with Gasteiger partial charge in [0.05, 0.1) is 6.04 Å². The third-order valence-electron chi connectivity index (χ3n) is 4.95. The standard InChI is InChI=1S/C22H22ClF3N4O2/c1-12(31)27-16-3-5-17(6-4-16)28-22(29-18-10-14(23)9-15(24)11-18)30-21(32)13-2-7-19(25)20(26)8-13/h2,7-11,16-17H,3-6H2,1H3,(H,27,31)(H2,28,29,30,32). The molecule has 0 saturated heterocycles. The number of aliphatic imine (C=N–C) groups is 1. The van der Waals surface area contributed by atoms with Gasteiger partial charge in [-0.25, -0.2) is 18.2 Å². The average Bonchev–Trinajstić information content (AvgIpc) is 2.70. The Bertz CT molecular complexity index is 1020. The third-order valence-corrected chi connectivity index (χ3v) is 5.17. The molecule has 3 N–H and O–H groups in total. The summed E-state index contributed by atoms with van der Waals surface area (Å²) < 4.78 is 40.4. The second-order valence-electron chi connectivity index (χ2n) is 7.55. The lowest BCUT2D eigenvalue weighted by molar-refractivity contribution is -0.119. The molecule has 0 unspecified atom stereocenters. The van der Waals surface area contributed by atoms with Crippen molar-refractivity contribution < 1.29 is 22.8 Å². The molecule has 32 heavy (non-hydrogen) atoms. The molecule has 1 aliphatic carbocycles. The summed E-state index contributed by atoms with van der Waals surface area (Å²) in [5.41, 5.74) is 0.149. The maximum Gasteiger partial charge on any atom is 0.258 e. The highest BCUT2D eigenvalue weighted by Crippen LogP contribution is 2.22. The average molecular weight is 467 g/mol. The molecule has 0 heterocycles. The van der Waals surface area contributed by atoms with Gasteiger partial charge in [0.15, 0.2) is 11.6 Å². The topological polar surface area (TPSA) is 82.6 Å². The molecule has 0 radical (unpaired) electrons. The second-order valence-corrected chi connectivity index (χ2v) is 7.99.